The number of hydrogen-bond donors (Lipinski definition) is 2. The van der Waals surface area contributed by atoms with Crippen LogP contribution in [0.15, 0.2) is 48.5 Å². The first-order valence-electron chi connectivity index (χ1n) is 8.82. The SMILES string of the molecule is Cc1cc(C#N)ccc1C(=O)NCC1CC(O)CN1Cc1ccccc1. The summed E-state index contributed by atoms with van der Waals surface area (Å²) in [5.74, 6) is -0.145. The highest BCUT2D eigenvalue weighted by Gasteiger charge is 2.31. The first-order valence-corrected chi connectivity index (χ1v) is 8.82. The third kappa shape index (κ3) is 4.29. The molecular formula is C21H23N3O2. The number of aryl methyl sites for hydroxylation is 1. The number of hydrogen-bond acceptors (Lipinski definition) is 4. The number of amides is 1. The number of β-amino-alcohol motifs (C(OH)–C–C–N with tert-alkyl or cyclic N) is 1. The fourth-order valence-corrected chi connectivity index (χ4v) is 3.48. The van der Waals surface area contributed by atoms with E-state index in [1.54, 1.807) is 18.2 Å². The van der Waals surface area contributed by atoms with Crippen LogP contribution in [-0.4, -0.2) is 41.1 Å². The van der Waals surface area contributed by atoms with Gasteiger partial charge >= 0.3 is 0 Å². The minimum absolute atomic E-state index is 0.104. The van der Waals surface area contributed by atoms with E-state index in [1.807, 2.05) is 25.1 Å². The van der Waals surface area contributed by atoms with E-state index in [1.165, 1.54) is 5.56 Å². The zero-order valence-electron chi connectivity index (χ0n) is 14.9. The molecular weight excluding hydrogens is 326 g/mol. The quantitative estimate of drug-likeness (QED) is 0.868. The fourth-order valence-electron chi connectivity index (χ4n) is 3.48. The summed E-state index contributed by atoms with van der Waals surface area (Å²) in [6.45, 7) is 3.69. The molecule has 0 radical (unpaired) electrons. The average molecular weight is 349 g/mol. The third-order valence-corrected chi connectivity index (χ3v) is 4.83. The van der Waals surface area contributed by atoms with E-state index in [2.05, 4.69) is 28.4 Å². The van der Waals surface area contributed by atoms with E-state index in [9.17, 15) is 9.90 Å². The minimum Gasteiger partial charge on any atom is -0.392 e. The van der Waals surface area contributed by atoms with Crippen LogP contribution in [0.3, 0.4) is 0 Å². The van der Waals surface area contributed by atoms with E-state index in [0.29, 0.717) is 30.6 Å². The molecule has 1 fully saturated rings. The maximum absolute atomic E-state index is 12.5. The van der Waals surface area contributed by atoms with Crippen molar-refractivity contribution in [3.63, 3.8) is 0 Å². The highest BCUT2D eigenvalue weighted by molar-refractivity contribution is 5.95. The van der Waals surface area contributed by atoms with E-state index >= 15 is 0 Å². The number of likely N-dealkylation sites (tertiary alicyclic amines) is 1. The van der Waals surface area contributed by atoms with Crippen molar-refractivity contribution in [3.8, 4) is 6.07 Å². The molecule has 5 nitrogen and oxygen atoms in total. The van der Waals surface area contributed by atoms with Gasteiger partial charge in [0.05, 0.1) is 17.7 Å². The van der Waals surface area contributed by atoms with Gasteiger partial charge in [0.2, 0.25) is 0 Å². The summed E-state index contributed by atoms with van der Waals surface area (Å²) in [5, 5.41) is 22.0. The second kappa shape index (κ2) is 8.13. The maximum Gasteiger partial charge on any atom is 0.251 e. The Morgan fingerprint density at radius 2 is 2.08 bits per heavy atom. The van der Waals surface area contributed by atoms with Gasteiger partial charge in [-0.1, -0.05) is 30.3 Å². The van der Waals surface area contributed by atoms with E-state index in [0.717, 1.165) is 12.1 Å². The summed E-state index contributed by atoms with van der Waals surface area (Å²) in [7, 11) is 0. The molecule has 1 heterocycles. The van der Waals surface area contributed by atoms with Crippen molar-refractivity contribution in [2.24, 2.45) is 0 Å². The Hall–Kier alpha value is -2.68. The highest BCUT2D eigenvalue weighted by Crippen LogP contribution is 2.20. The molecule has 1 aliphatic heterocycles. The first kappa shape index (κ1) is 18.1. The molecule has 134 valence electrons. The lowest BCUT2D eigenvalue weighted by molar-refractivity contribution is 0.0939. The topological polar surface area (TPSA) is 76.4 Å². The lowest BCUT2D eigenvalue weighted by Gasteiger charge is -2.24. The normalized spacial score (nSPS) is 19.9. The molecule has 0 aromatic heterocycles. The van der Waals surface area contributed by atoms with E-state index in [-0.39, 0.29) is 18.1 Å². The number of rotatable bonds is 5. The maximum atomic E-state index is 12.5. The molecule has 1 aliphatic rings. The van der Waals surface area contributed by atoms with Crippen LogP contribution in [-0.2, 0) is 6.54 Å². The summed E-state index contributed by atoms with van der Waals surface area (Å²) >= 11 is 0. The molecule has 2 aromatic carbocycles. The number of carbonyl (C=O) groups is 1. The molecule has 1 amide bonds. The predicted octanol–water partition coefficient (Wildman–Crippen LogP) is 2.23. The second-order valence-corrected chi connectivity index (χ2v) is 6.81. The second-order valence-electron chi connectivity index (χ2n) is 6.81. The van der Waals surface area contributed by atoms with Crippen LogP contribution in [0, 0.1) is 18.3 Å². The van der Waals surface area contributed by atoms with Gasteiger partial charge in [0.25, 0.3) is 5.91 Å². The van der Waals surface area contributed by atoms with Gasteiger partial charge in [-0.05, 0) is 42.7 Å². The molecule has 0 spiro atoms. The van der Waals surface area contributed by atoms with Gasteiger partial charge in [-0.25, -0.2) is 0 Å². The van der Waals surface area contributed by atoms with Crippen molar-refractivity contribution in [3.05, 3.63) is 70.8 Å². The predicted molar refractivity (Wildman–Crippen MR) is 99.5 cm³/mol. The number of benzene rings is 2. The van der Waals surface area contributed by atoms with Crippen LogP contribution < -0.4 is 5.32 Å². The smallest absolute Gasteiger partial charge is 0.251 e. The lowest BCUT2D eigenvalue weighted by Crippen LogP contribution is -2.40. The Morgan fingerprint density at radius 3 is 2.77 bits per heavy atom. The molecule has 5 heteroatoms. The van der Waals surface area contributed by atoms with Gasteiger partial charge in [0.1, 0.15) is 0 Å². The van der Waals surface area contributed by atoms with Gasteiger partial charge < -0.3 is 10.4 Å². The molecule has 2 unspecified atom stereocenters. The number of nitrogens with zero attached hydrogens (tertiary/aromatic N) is 2. The van der Waals surface area contributed by atoms with Crippen molar-refractivity contribution >= 4 is 5.91 Å². The first-order chi connectivity index (χ1) is 12.6. The Balaban J connectivity index is 1.62. The number of aliphatic hydroxyl groups is 1. The molecule has 2 aromatic rings. The van der Waals surface area contributed by atoms with Gasteiger partial charge in [-0.15, -0.1) is 0 Å². The molecule has 0 aliphatic carbocycles. The molecule has 0 saturated carbocycles. The minimum atomic E-state index is -0.364. The zero-order chi connectivity index (χ0) is 18.5. The van der Waals surface area contributed by atoms with E-state index in [4.69, 9.17) is 5.26 Å². The molecule has 26 heavy (non-hydrogen) atoms. The van der Waals surface area contributed by atoms with Crippen LogP contribution in [0.5, 0.6) is 0 Å². The van der Waals surface area contributed by atoms with Gasteiger partial charge in [-0.2, -0.15) is 5.26 Å². The summed E-state index contributed by atoms with van der Waals surface area (Å²) < 4.78 is 0. The van der Waals surface area contributed by atoms with Crippen molar-refractivity contribution in [1.29, 1.82) is 5.26 Å². The Labute approximate surface area is 153 Å². The molecule has 1 saturated heterocycles. The number of carbonyl (C=O) groups excluding carboxylic acids is 1. The summed E-state index contributed by atoms with van der Waals surface area (Å²) in [6, 6.07) is 17.4. The summed E-state index contributed by atoms with van der Waals surface area (Å²) in [5.41, 5.74) is 3.11. The molecule has 0 bridgehead atoms. The number of nitrogens with one attached hydrogen (secondary N) is 1. The Bertz CT molecular complexity index is 814. The van der Waals surface area contributed by atoms with Crippen molar-refractivity contribution in [1.82, 2.24) is 10.2 Å². The number of aliphatic hydroxyl groups excluding tert-OH is 1. The lowest BCUT2D eigenvalue weighted by atomic mass is 10.0. The standard InChI is InChI=1S/C21H23N3O2/c1-15-9-17(11-22)7-8-20(15)21(26)23-12-18-10-19(25)14-24(18)13-16-5-3-2-4-6-16/h2-9,18-19,25H,10,12-14H2,1H3,(H,23,26). The van der Waals surface area contributed by atoms with Crippen molar-refractivity contribution in [2.75, 3.05) is 13.1 Å². The van der Waals surface area contributed by atoms with E-state index < -0.39 is 0 Å². The zero-order valence-corrected chi connectivity index (χ0v) is 14.9. The summed E-state index contributed by atoms with van der Waals surface area (Å²) in [4.78, 5) is 14.7. The summed E-state index contributed by atoms with van der Waals surface area (Å²) in [6.07, 6.45) is 0.289. The fraction of sp³-hybridized carbons (Fsp3) is 0.333. The largest absolute Gasteiger partial charge is 0.392 e. The van der Waals surface area contributed by atoms with Gasteiger partial charge in [-0.3, -0.25) is 9.69 Å². The van der Waals surface area contributed by atoms with Gasteiger partial charge in [0.15, 0.2) is 0 Å². The van der Waals surface area contributed by atoms with Crippen LogP contribution in [0.1, 0.15) is 33.5 Å². The monoisotopic (exact) mass is 349 g/mol. The third-order valence-electron chi connectivity index (χ3n) is 4.83. The highest BCUT2D eigenvalue weighted by atomic mass is 16.3. The molecule has 2 atom stereocenters. The van der Waals surface area contributed by atoms with Crippen molar-refractivity contribution < 1.29 is 9.90 Å². The Morgan fingerprint density at radius 1 is 1.31 bits per heavy atom. The molecule has 2 N–H and O–H groups in total. The molecule has 3 rings (SSSR count). The van der Waals surface area contributed by atoms with Gasteiger partial charge in [0, 0.05) is 31.2 Å². The van der Waals surface area contributed by atoms with Crippen LogP contribution in [0.4, 0.5) is 0 Å². The number of nitriles is 1. The Kier molecular flexibility index (Phi) is 5.67. The average Bonchev–Trinajstić information content (AvgIpc) is 2.99. The van der Waals surface area contributed by atoms with Crippen LogP contribution in [0.25, 0.3) is 0 Å². The van der Waals surface area contributed by atoms with Crippen molar-refractivity contribution in [2.45, 2.75) is 32.0 Å². The van der Waals surface area contributed by atoms with Crippen LogP contribution >= 0.6 is 0 Å². The van der Waals surface area contributed by atoms with Crippen LogP contribution in [0.2, 0.25) is 0 Å².